The van der Waals surface area contributed by atoms with Crippen LogP contribution >= 0.6 is 0 Å². The molecule has 0 spiro atoms. The van der Waals surface area contributed by atoms with Crippen LogP contribution in [0.1, 0.15) is 23.9 Å². The number of fused-ring (bicyclic) bond motifs is 1. The lowest BCUT2D eigenvalue weighted by atomic mass is 9.78. The maximum atomic E-state index is 12.8. The fourth-order valence-electron chi connectivity index (χ4n) is 3.62. The van der Waals surface area contributed by atoms with Gasteiger partial charge >= 0.3 is 5.97 Å². The van der Waals surface area contributed by atoms with E-state index in [2.05, 4.69) is 0 Å². The second-order valence-electron chi connectivity index (χ2n) is 6.53. The molecule has 0 N–H and O–H groups in total. The number of carbonyl (C=O) groups is 3. The molecule has 2 aromatic rings. The molecule has 0 radical (unpaired) electrons. The monoisotopic (exact) mass is 351 g/mol. The average Bonchev–Trinajstić information content (AvgIpc) is 3.25. The Morgan fingerprint density at radius 2 is 1.92 bits per heavy atom. The number of allylic oxidation sites excluding steroid dienone is 2. The molecule has 0 unspecified atom stereocenters. The third kappa shape index (κ3) is 2.63. The molecule has 1 aromatic heterocycles. The van der Waals surface area contributed by atoms with Gasteiger partial charge in [-0.15, -0.1) is 0 Å². The number of hydrogen-bond donors (Lipinski definition) is 0. The summed E-state index contributed by atoms with van der Waals surface area (Å²) in [5.74, 6) is -1.09. The Labute approximate surface area is 150 Å². The van der Waals surface area contributed by atoms with E-state index < -0.39 is 5.97 Å². The summed E-state index contributed by atoms with van der Waals surface area (Å²) >= 11 is 0. The fourth-order valence-corrected chi connectivity index (χ4v) is 3.62. The standard InChI is InChI=1S/C20H17NO5/c1-12-4-2-5-15-17(12)19(23)21(18(15)22)13-7-9-14(10-8-13)26-20(24)16-6-3-11-25-16/h2-4,6-12,15,17H,5H2,1H3/t12-,15-,17-/m1/s1. The van der Waals surface area contributed by atoms with Crippen molar-refractivity contribution in [3.8, 4) is 5.75 Å². The summed E-state index contributed by atoms with van der Waals surface area (Å²) in [6.07, 6.45) is 5.94. The van der Waals surface area contributed by atoms with E-state index in [1.165, 1.54) is 17.2 Å². The van der Waals surface area contributed by atoms with Gasteiger partial charge in [-0.25, -0.2) is 4.79 Å². The zero-order valence-electron chi connectivity index (χ0n) is 14.1. The molecule has 2 amide bonds. The van der Waals surface area contributed by atoms with Gasteiger partial charge in [0.2, 0.25) is 17.6 Å². The van der Waals surface area contributed by atoms with Crippen molar-refractivity contribution in [2.45, 2.75) is 13.3 Å². The maximum Gasteiger partial charge on any atom is 0.379 e. The zero-order chi connectivity index (χ0) is 18.3. The minimum atomic E-state index is -0.609. The van der Waals surface area contributed by atoms with Crippen LogP contribution in [0.3, 0.4) is 0 Å². The Bertz CT molecular complexity index is 881. The highest BCUT2D eigenvalue weighted by molar-refractivity contribution is 6.22. The van der Waals surface area contributed by atoms with E-state index in [1.807, 2.05) is 19.1 Å². The van der Waals surface area contributed by atoms with Gasteiger partial charge in [0.15, 0.2) is 0 Å². The number of benzene rings is 1. The summed E-state index contributed by atoms with van der Waals surface area (Å²) in [5, 5.41) is 0. The highest BCUT2D eigenvalue weighted by atomic mass is 16.5. The predicted octanol–water partition coefficient (Wildman–Crippen LogP) is 3.20. The smallest absolute Gasteiger partial charge is 0.379 e. The molecule has 4 rings (SSSR count). The Morgan fingerprint density at radius 3 is 2.58 bits per heavy atom. The van der Waals surface area contributed by atoms with E-state index >= 15 is 0 Å². The van der Waals surface area contributed by atoms with Gasteiger partial charge in [0.05, 0.1) is 23.8 Å². The van der Waals surface area contributed by atoms with Gasteiger partial charge in [0.1, 0.15) is 5.75 Å². The number of hydrogen-bond acceptors (Lipinski definition) is 5. The lowest BCUT2D eigenvalue weighted by Crippen LogP contribution is -2.31. The van der Waals surface area contributed by atoms with Gasteiger partial charge in [-0.2, -0.15) is 0 Å². The average molecular weight is 351 g/mol. The van der Waals surface area contributed by atoms with Crippen molar-refractivity contribution in [3.05, 3.63) is 60.6 Å². The Kier molecular flexibility index (Phi) is 3.95. The van der Waals surface area contributed by atoms with E-state index in [-0.39, 0.29) is 35.3 Å². The normalized spacial score (nSPS) is 24.7. The molecule has 6 nitrogen and oxygen atoms in total. The highest BCUT2D eigenvalue weighted by Gasteiger charge is 2.50. The molecule has 0 bridgehead atoms. The number of esters is 1. The molecule has 2 heterocycles. The van der Waals surface area contributed by atoms with Crippen molar-refractivity contribution in [3.63, 3.8) is 0 Å². The first kappa shape index (κ1) is 16.3. The lowest BCUT2D eigenvalue weighted by Gasteiger charge is -2.22. The van der Waals surface area contributed by atoms with Crippen LogP contribution in [0, 0.1) is 17.8 Å². The summed E-state index contributed by atoms with van der Waals surface area (Å²) in [7, 11) is 0. The Hall–Kier alpha value is -3.15. The van der Waals surface area contributed by atoms with Crippen LogP contribution in [0.25, 0.3) is 0 Å². The van der Waals surface area contributed by atoms with Crippen molar-refractivity contribution in [1.29, 1.82) is 0 Å². The summed E-state index contributed by atoms with van der Waals surface area (Å²) < 4.78 is 10.2. The Balaban J connectivity index is 1.53. The SMILES string of the molecule is C[C@@H]1C=CC[C@H]2C(=O)N(c3ccc(OC(=O)c4ccco4)cc3)C(=O)[C@H]12. The molecule has 1 fully saturated rings. The second-order valence-corrected chi connectivity index (χ2v) is 6.53. The second kappa shape index (κ2) is 6.29. The van der Waals surface area contributed by atoms with Crippen LogP contribution in [0.15, 0.2) is 59.2 Å². The summed E-state index contributed by atoms with van der Waals surface area (Å²) in [6.45, 7) is 1.96. The summed E-state index contributed by atoms with van der Waals surface area (Å²) in [4.78, 5) is 38.6. The van der Waals surface area contributed by atoms with E-state index in [9.17, 15) is 14.4 Å². The van der Waals surface area contributed by atoms with Gasteiger partial charge in [-0.05, 0) is 48.7 Å². The molecule has 132 valence electrons. The van der Waals surface area contributed by atoms with Crippen LogP contribution in [0.2, 0.25) is 0 Å². The molecule has 6 heteroatoms. The van der Waals surface area contributed by atoms with Crippen molar-refractivity contribution in [1.82, 2.24) is 0 Å². The number of rotatable bonds is 3. The van der Waals surface area contributed by atoms with Crippen LogP contribution in [0.5, 0.6) is 5.75 Å². The summed E-state index contributed by atoms with van der Waals surface area (Å²) in [5.41, 5.74) is 0.486. The lowest BCUT2D eigenvalue weighted by molar-refractivity contribution is -0.122. The fraction of sp³-hybridized carbons (Fsp3) is 0.250. The maximum absolute atomic E-state index is 12.8. The number of carbonyl (C=O) groups excluding carboxylic acids is 3. The molecular weight excluding hydrogens is 334 g/mol. The first-order valence-electron chi connectivity index (χ1n) is 8.46. The zero-order valence-corrected chi connectivity index (χ0v) is 14.1. The highest BCUT2D eigenvalue weighted by Crippen LogP contribution is 2.40. The quantitative estimate of drug-likeness (QED) is 0.367. The van der Waals surface area contributed by atoms with Gasteiger partial charge in [-0.3, -0.25) is 14.5 Å². The number of imide groups is 1. The summed E-state index contributed by atoms with van der Waals surface area (Å²) in [6, 6.07) is 9.43. The van der Waals surface area contributed by atoms with E-state index in [0.29, 0.717) is 17.9 Å². The molecule has 1 saturated heterocycles. The largest absolute Gasteiger partial charge is 0.457 e. The van der Waals surface area contributed by atoms with Crippen LogP contribution in [-0.2, 0) is 9.59 Å². The van der Waals surface area contributed by atoms with E-state index in [1.54, 1.807) is 30.3 Å². The number of ether oxygens (including phenoxy) is 1. The number of anilines is 1. The third-order valence-electron chi connectivity index (χ3n) is 4.90. The number of nitrogens with zero attached hydrogens (tertiary/aromatic N) is 1. The van der Waals surface area contributed by atoms with Crippen molar-refractivity contribution in [2.75, 3.05) is 4.90 Å². The van der Waals surface area contributed by atoms with Gasteiger partial charge in [0.25, 0.3) is 0 Å². The van der Waals surface area contributed by atoms with E-state index in [0.717, 1.165) is 0 Å². The van der Waals surface area contributed by atoms with Crippen LogP contribution < -0.4 is 9.64 Å². The first-order chi connectivity index (χ1) is 12.6. The number of amides is 2. The van der Waals surface area contributed by atoms with E-state index in [4.69, 9.17) is 9.15 Å². The van der Waals surface area contributed by atoms with Crippen LogP contribution in [-0.4, -0.2) is 17.8 Å². The molecule has 1 aromatic carbocycles. The predicted molar refractivity (Wildman–Crippen MR) is 92.5 cm³/mol. The van der Waals surface area contributed by atoms with Gasteiger partial charge in [0, 0.05) is 0 Å². The van der Waals surface area contributed by atoms with Gasteiger partial charge in [-0.1, -0.05) is 19.1 Å². The first-order valence-corrected chi connectivity index (χ1v) is 8.46. The van der Waals surface area contributed by atoms with Crippen molar-refractivity contribution in [2.24, 2.45) is 17.8 Å². The minimum Gasteiger partial charge on any atom is -0.457 e. The Morgan fingerprint density at radius 1 is 1.15 bits per heavy atom. The molecule has 1 aliphatic carbocycles. The third-order valence-corrected chi connectivity index (χ3v) is 4.90. The number of furan rings is 1. The van der Waals surface area contributed by atoms with Gasteiger partial charge < -0.3 is 9.15 Å². The topological polar surface area (TPSA) is 76.8 Å². The molecule has 0 saturated carbocycles. The molecule has 3 atom stereocenters. The minimum absolute atomic E-state index is 0.0451. The van der Waals surface area contributed by atoms with Crippen molar-refractivity contribution < 1.29 is 23.5 Å². The molecular formula is C20H17NO5. The van der Waals surface area contributed by atoms with Crippen LogP contribution in [0.4, 0.5) is 5.69 Å². The van der Waals surface area contributed by atoms with Crippen molar-refractivity contribution >= 4 is 23.5 Å². The molecule has 2 aliphatic rings. The molecule has 26 heavy (non-hydrogen) atoms. The molecule has 1 aliphatic heterocycles.